The van der Waals surface area contributed by atoms with E-state index in [0.717, 1.165) is 0 Å². The average molecular weight is 443 g/mol. The maximum Gasteiger partial charge on any atom is 0.261 e. The molecule has 0 bridgehead atoms. The second kappa shape index (κ2) is 8.91. The first-order chi connectivity index (χ1) is 15.0. The van der Waals surface area contributed by atoms with Crippen LogP contribution in [0.15, 0.2) is 36.5 Å². The van der Waals surface area contributed by atoms with Crippen molar-refractivity contribution < 1.29 is 14.7 Å². The van der Waals surface area contributed by atoms with Crippen LogP contribution in [-0.4, -0.2) is 62.7 Å². The number of hydrogen-bond acceptors (Lipinski definition) is 6. The summed E-state index contributed by atoms with van der Waals surface area (Å²) < 4.78 is 1.53. The SMILES string of the molecule is CCN1C[C@H](c2cc(NCCO)n3ncc(C(=O)Nc4ccc(Cl)cc4)c3n2)CC1=O. The molecule has 9 nitrogen and oxygen atoms in total. The second-order valence-electron chi connectivity index (χ2n) is 7.30. The highest BCUT2D eigenvalue weighted by Crippen LogP contribution is 2.29. The Morgan fingerprint density at radius 3 is 2.77 bits per heavy atom. The number of aliphatic hydroxyl groups is 1. The fourth-order valence-electron chi connectivity index (χ4n) is 3.67. The van der Waals surface area contributed by atoms with Crippen LogP contribution in [0.5, 0.6) is 0 Å². The van der Waals surface area contributed by atoms with Gasteiger partial charge in [-0.3, -0.25) is 9.59 Å². The number of fused-ring (bicyclic) bond motifs is 1. The van der Waals surface area contributed by atoms with Gasteiger partial charge in [-0.1, -0.05) is 11.6 Å². The minimum Gasteiger partial charge on any atom is -0.395 e. The van der Waals surface area contributed by atoms with E-state index in [1.807, 2.05) is 13.0 Å². The summed E-state index contributed by atoms with van der Waals surface area (Å²) in [6.07, 6.45) is 1.83. The highest BCUT2D eigenvalue weighted by atomic mass is 35.5. The van der Waals surface area contributed by atoms with E-state index in [9.17, 15) is 14.7 Å². The highest BCUT2D eigenvalue weighted by Gasteiger charge is 2.31. The first kappa shape index (κ1) is 21.1. The number of aliphatic hydroxyl groups excluding tert-OH is 1. The Balaban J connectivity index is 1.70. The van der Waals surface area contributed by atoms with Gasteiger partial charge in [0, 0.05) is 48.7 Å². The largest absolute Gasteiger partial charge is 0.395 e. The molecular weight excluding hydrogens is 420 g/mol. The monoisotopic (exact) mass is 442 g/mol. The van der Waals surface area contributed by atoms with Crippen molar-refractivity contribution in [1.82, 2.24) is 19.5 Å². The molecule has 162 valence electrons. The maximum atomic E-state index is 12.9. The fraction of sp³-hybridized carbons (Fsp3) is 0.333. The van der Waals surface area contributed by atoms with E-state index in [-0.39, 0.29) is 24.3 Å². The van der Waals surface area contributed by atoms with Crippen molar-refractivity contribution in [1.29, 1.82) is 0 Å². The lowest BCUT2D eigenvalue weighted by Gasteiger charge is -2.15. The molecule has 0 radical (unpaired) electrons. The minimum absolute atomic E-state index is 0.0597. The third kappa shape index (κ3) is 4.33. The number of anilines is 2. The Kier molecular flexibility index (Phi) is 6.06. The van der Waals surface area contributed by atoms with Gasteiger partial charge in [-0.15, -0.1) is 0 Å². The number of benzene rings is 1. The van der Waals surface area contributed by atoms with Gasteiger partial charge in [0.1, 0.15) is 11.4 Å². The number of likely N-dealkylation sites (tertiary alicyclic amines) is 1. The normalized spacial score (nSPS) is 16.2. The molecule has 1 aromatic carbocycles. The van der Waals surface area contributed by atoms with Crippen molar-refractivity contribution in [2.24, 2.45) is 0 Å². The summed E-state index contributed by atoms with van der Waals surface area (Å²) in [6, 6.07) is 8.63. The van der Waals surface area contributed by atoms with Crippen LogP contribution in [0.25, 0.3) is 5.65 Å². The number of likely N-dealkylation sites (N-methyl/N-ethyl adjacent to an activating group) is 1. The topological polar surface area (TPSA) is 112 Å². The summed E-state index contributed by atoms with van der Waals surface area (Å²) in [6.45, 7) is 3.43. The van der Waals surface area contributed by atoms with Gasteiger partial charge in [0.25, 0.3) is 5.91 Å². The molecule has 2 aromatic heterocycles. The molecule has 0 spiro atoms. The van der Waals surface area contributed by atoms with Crippen molar-refractivity contribution in [3.8, 4) is 0 Å². The molecule has 3 N–H and O–H groups in total. The summed E-state index contributed by atoms with van der Waals surface area (Å²) in [4.78, 5) is 31.6. The van der Waals surface area contributed by atoms with Crippen LogP contribution in [-0.2, 0) is 4.79 Å². The van der Waals surface area contributed by atoms with E-state index in [1.165, 1.54) is 10.7 Å². The number of halogens is 1. The number of nitrogens with zero attached hydrogens (tertiary/aromatic N) is 4. The van der Waals surface area contributed by atoms with E-state index in [0.29, 0.717) is 59.5 Å². The van der Waals surface area contributed by atoms with E-state index < -0.39 is 0 Å². The summed E-state index contributed by atoms with van der Waals surface area (Å²) in [5.41, 5.74) is 1.99. The van der Waals surface area contributed by atoms with Gasteiger partial charge in [0.2, 0.25) is 5.91 Å². The third-order valence-electron chi connectivity index (χ3n) is 5.27. The molecule has 0 saturated carbocycles. The molecule has 1 aliphatic heterocycles. The quantitative estimate of drug-likeness (QED) is 0.518. The zero-order valence-corrected chi connectivity index (χ0v) is 17.8. The standard InChI is InChI=1S/C21H23ClN6O3/c1-2-27-12-13(9-19(27)30)17-10-18(23-7-8-29)28-20(26-17)16(11-24-28)21(31)25-15-5-3-14(22)4-6-15/h3-6,10-11,13,23,29H,2,7-9,12H2,1H3,(H,25,31)/t13-/m1/s1. The van der Waals surface area contributed by atoms with Crippen LogP contribution in [0.3, 0.4) is 0 Å². The van der Waals surface area contributed by atoms with Gasteiger partial charge in [0.05, 0.1) is 18.5 Å². The van der Waals surface area contributed by atoms with E-state index in [2.05, 4.69) is 15.7 Å². The molecule has 4 rings (SSSR count). The lowest BCUT2D eigenvalue weighted by Crippen LogP contribution is -2.24. The average Bonchev–Trinajstić information content (AvgIpc) is 3.37. The van der Waals surface area contributed by atoms with E-state index in [1.54, 1.807) is 29.2 Å². The summed E-state index contributed by atoms with van der Waals surface area (Å²) >= 11 is 5.91. The van der Waals surface area contributed by atoms with Crippen molar-refractivity contribution in [2.45, 2.75) is 19.3 Å². The van der Waals surface area contributed by atoms with Crippen molar-refractivity contribution in [3.63, 3.8) is 0 Å². The fourth-order valence-corrected chi connectivity index (χ4v) is 3.79. The number of carbonyl (C=O) groups is 2. The third-order valence-corrected chi connectivity index (χ3v) is 5.52. The van der Waals surface area contributed by atoms with Gasteiger partial charge in [-0.05, 0) is 31.2 Å². The van der Waals surface area contributed by atoms with Gasteiger partial charge < -0.3 is 20.6 Å². The zero-order chi connectivity index (χ0) is 22.0. The predicted molar refractivity (Wildman–Crippen MR) is 118 cm³/mol. The number of hydrogen-bond donors (Lipinski definition) is 3. The molecule has 1 saturated heterocycles. The van der Waals surface area contributed by atoms with Crippen molar-refractivity contribution in [3.05, 3.63) is 52.8 Å². The molecule has 2 amide bonds. The summed E-state index contributed by atoms with van der Waals surface area (Å²) in [7, 11) is 0. The number of carbonyl (C=O) groups excluding carboxylic acids is 2. The Hall–Kier alpha value is -3.17. The van der Waals surface area contributed by atoms with Gasteiger partial charge >= 0.3 is 0 Å². The molecule has 31 heavy (non-hydrogen) atoms. The van der Waals surface area contributed by atoms with Gasteiger partial charge in [-0.2, -0.15) is 9.61 Å². The molecule has 0 unspecified atom stereocenters. The first-order valence-corrected chi connectivity index (χ1v) is 10.5. The lowest BCUT2D eigenvalue weighted by atomic mass is 10.0. The minimum atomic E-state index is -0.354. The molecular formula is C21H23ClN6O3. The Morgan fingerprint density at radius 2 is 2.10 bits per heavy atom. The molecule has 1 aliphatic rings. The van der Waals surface area contributed by atoms with Crippen LogP contribution >= 0.6 is 11.6 Å². The maximum absolute atomic E-state index is 12.9. The van der Waals surface area contributed by atoms with Crippen LogP contribution in [0, 0.1) is 0 Å². The molecule has 0 aliphatic carbocycles. The Morgan fingerprint density at radius 1 is 1.32 bits per heavy atom. The summed E-state index contributed by atoms with van der Waals surface area (Å²) in [5, 5.41) is 20.1. The Bertz CT molecular complexity index is 1110. The predicted octanol–water partition coefficient (Wildman–Crippen LogP) is 2.38. The van der Waals surface area contributed by atoms with Crippen LogP contribution in [0.2, 0.25) is 5.02 Å². The number of amides is 2. The van der Waals surface area contributed by atoms with E-state index in [4.69, 9.17) is 16.6 Å². The van der Waals surface area contributed by atoms with Crippen molar-refractivity contribution >= 4 is 40.6 Å². The first-order valence-electron chi connectivity index (χ1n) is 10.1. The highest BCUT2D eigenvalue weighted by molar-refractivity contribution is 6.30. The van der Waals surface area contributed by atoms with Crippen molar-refractivity contribution in [2.75, 3.05) is 36.9 Å². The van der Waals surface area contributed by atoms with Crippen LogP contribution in [0.4, 0.5) is 11.5 Å². The molecule has 1 fully saturated rings. The smallest absolute Gasteiger partial charge is 0.261 e. The molecule has 3 heterocycles. The number of aromatic nitrogens is 3. The Labute approximate surface area is 184 Å². The number of nitrogens with one attached hydrogen (secondary N) is 2. The number of rotatable bonds is 7. The molecule has 3 aromatic rings. The zero-order valence-electron chi connectivity index (χ0n) is 17.0. The summed E-state index contributed by atoms with van der Waals surface area (Å²) in [5.74, 6) is 0.261. The van der Waals surface area contributed by atoms with Gasteiger partial charge in [-0.25, -0.2) is 4.98 Å². The van der Waals surface area contributed by atoms with Crippen LogP contribution < -0.4 is 10.6 Å². The van der Waals surface area contributed by atoms with E-state index >= 15 is 0 Å². The molecule has 1 atom stereocenters. The second-order valence-corrected chi connectivity index (χ2v) is 7.74. The molecule has 10 heteroatoms. The van der Waals surface area contributed by atoms with Crippen LogP contribution in [0.1, 0.15) is 35.3 Å². The van der Waals surface area contributed by atoms with Gasteiger partial charge in [0.15, 0.2) is 5.65 Å². The lowest BCUT2D eigenvalue weighted by molar-refractivity contribution is -0.127.